The molecule has 0 unspecified atom stereocenters. The van der Waals surface area contributed by atoms with Crippen LogP contribution in [0.15, 0.2) is 41.3 Å². The Hall–Kier alpha value is -2.42. The summed E-state index contributed by atoms with van der Waals surface area (Å²) in [5.41, 5.74) is 3.51. The molecular formula is C23H31N3O4S. The molecule has 2 aromatic carbocycles. The van der Waals surface area contributed by atoms with Gasteiger partial charge in [0.15, 0.2) is 0 Å². The summed E-state index contributed by atoms with van der Waals surface area (Å²) >= 11 is 0. The maximum atomic E-state index is 13.0. The average Bonchev–Trinajstić information content (AvgIpc) is 2.74. The number of hydrogen-bond acceptors (Lipinski definition) is 5. The van der Waals surface area contributed by atoms with E-state index in [0.717, 1.165) is 50.4 Å². The van der Waals surface area contributed by atoms with Gasteiger partial charge in [-0.05, 0) is 74.7 Å². The van der Waals surface area contributed by atoms with Gasteiger partial charge in [-0.25, -0.2) is 8.42 Å². The van der Waals surface area contributed by atoms with Crippen LogP contribution < -0.4 is 10.0 Å². The van der Waals surface area contributed by atoms with Crippen LogP contribution in [-0.2, 0) is 14.8 Å². The van der Waals surface area contributed by atoms with Crippen molar-refractivity contribution in [3.05, 3.63) is 58.7 Å². The lowest BCUT2D eigenvalue weighted by Gasteiger charge is -2.26. The summed E-state index contributed by atoms with van der Waals surface area (Å²) < 4.78 is 33.9. The molecule has 0 bridgehead atoms. The molecule has 1 fully saturated rings. The van der Waals surface area contributed by atoms with E-state index in [2.05, 4.69) is 14.9 Å². The molecule has 2 N–H and O–H groups in total. The number of carbonyl (C=O) groups excluding carboxylic acids is 1. The van der Waals surface area contributed by atoms with E-state index in [4.69, 9.17) is 4.74 Å². The molecule has 1 amide bonds. The zero-order chi connectivity index (χ0) is 22.4. The third kappa shape index (κ3) is 6.29. The normalized spacial score (nSPS) is 14.9. The molecule has 1 saturated heterocycles. The molecule has 1 aliphatic rings. The van der Waals surface area contributed by atoms with Gasteiger partial charge in [-0.1, -0.05) is 12.1 Å². The van der Waals surface area contributed by atoms with Crippen molar-refractivity contribution in [3.63, 3.8) is 0 Å². The van der Waals surface area contributed by atoms with Gasteiger partial charge < -0.3 is 10.1 Å². The molecule has 1 heterocycles. The van der Waals surface area contributed by atoms with E-state index in [-0.39, 0.29) is 10.8 Å². The number of benzene rings is 2. The van der Waals surface area contributed by atoms with E-state index in [0.29, 0.717) is 23.4 Å². The number of sulfonamides is 1. The van der Waals surface area contributed by atoms with Crippen LogP contribution in [-0.4, -0.2) is 58.6 Å². The number of nitrogens with one attached hydrogen (secondary N) is 2. The number of hydrogen-bond donors (Lipinski definition) is 2. The van der Waals surface area contributed by atoms with Crippen LogP contribution in [0.4, 0.5) is 5.69 Å². The largest absolute Gasteiger partial charge is 0.379 e. The number of ether oxygens (including phenoxy) is 1. The van der Waals surface area contributed by atoms with E-state index in [1.54, 1.807) is 31.2 Å². The van der Waals surface area contributed by atoms with Gasteiger partial charge >= 0.3 is 0 Å². The van der Waals surface area contributed by atoms with Crippen molar-refractivity contribution in [2.24, 2.45) is 0 Å². The van der Waals surface area contributed by atoms with Crippen molar-refractivity contribution >= 4 is 21.6 Å². The molecule has 8 heteroatoms. The van der Waals surface area contributed by atoms with Crippen molar-refractivity contribution in [1.29, 1.82) is 0 Å². The second kappa shape index (κ2) is 10.3. The van der Waals surface area contributed by atoms with E-state index in [9.17, 15) is 13.2 Å². The highest BCUT2D eigenvalue weighted by atomic mass is 32.2. The molecule has 31 heavy (non-hydrogen) atoms. The van der Waals surface area contributed by atoms with Gasteiger partial charge in [0.25, 0.3) is 15.9 Å². The Bertz CT molecular complexity index is 1030. The predicted molar refractivity (Wildman–Crippen MR) is 122 cm³/mol. The minimum Gasteiger partial charge on any atom is -0.379 e. The van der Waals surface area contributed by atoms with E-state index in [1.807, 2.05) is 19.9 Å². The van der Waals surface area contributed by atoms with Gasteiger partial charge in [0.1, 0.15) is 0 Å². The van der Waals surface area contributed by atoms with Crippen molar-refractivity contribution in [2.45, 2.75) is 32.1 Å². The maximum absolute atomic E-state index is 13.0. The molecule has 0 radical (unpaired) electrons. The third-order valence-corrected chi connectivity index (χ3v) is 7.06. The Morgan fingerprint density at radius 1 is 1.00 bits per heavy atom. The average molecular weight is 446 g/mol. The van der Waals surface area contributed by atoms with Crippen LogP contribution in [0.5, 0.6) is 0 Å². The van der Waals surface area contributed by atoms with Crippen LogP contribution in [0.25, 0.3) is 0 Å². The minimum absolute atomic E-state index is 0.103. The molecule has 168 valence electrons. The Morgan fingerprint density at radius 2 is 1.71 bits per heavy atom. The van der Waals surface area contributed by atoms with Gasteiger partial charge in [-0.15, -0.1) is 0 Å². The fraction of sp³-hybridized carbons (Fsp3) is 0.435. The number of rotatable bonds is 8. The van der Waals surface area contributed by atoms with Crippen LogP contribution in [0.2, 0.25) is 0 Å². The highest BCUT2D eigenvalue weighted by Crippen LogP contribution is 2.22. The van der Waals surface area contributed by atoms with Crippen LogP contribution in [0, 0.1) is 20.8 Å². The van der Waals surface area contributed by atoms with E-state index < -0.39 is 10.0 Å². The Morgan fingerprint density at radius 3 is 2.42 bits per heavy atom. The van der Waals surface area contributed by atoms with Gasteiger partial charge in [0, 0.05) is 30.9 Å². The van der Waals surface area contributed by atoms with Gasteiger partial charge in [-0.2, -0.15) is 0 Å². The molecule has 1 aliphatic heterocycles. The second-order valence-corrected chi connectivity index (χ2v) is 9.60. The lowest BCUT2D eigenvalue weighted by Crippen LogP contribution is -2.38. The fourth-order valence-electron chi connectivity index (χ4n) is 3.48. The molecule has 2 aromatic rings. The summed E-state index contributed by atoms with van der Waals surface area (Å²) in [7, 11) is -3.82. The lowest BCUT2D eigenvalue weighted by atomic mass is 10.1. The van der Waals surface area contributed by atoms with Crippen molar-refractivity contribution in [1.82, 2.24) is 10.2 Å². The number of amides is 1. The topological polar surface area (TPSA) is 87.7 Å². The van der Waals surface area contributed by atoms with Gasteiger partial charge in [-0.3, -0.25) is 14.4 Å². The highest BCUT2D eigenvalue weighted by Gasteiger charge is 2.20. The summed E-state index contributed by atoms with van der Waals surface area (Å²) in [4.78, 5) is 15.0. The van der Waals surface area contributed by atoms with Crippen LogP contribution >= 0.6 is 0 Å². The molecule has 0 atom stereocenters. The smallest absolute Gasteiger partial charge is 0.262 e. The molecular weight excluding hydrogens is 414 g/mol. The Labute approximate surface area is 184 Å². The Kier molecular flexibility index (Phi) is 7.69. The highest BCUT2D eigenvalue weighted by molar-refractivity contribution is 7.92. The number of carbonyl (C=O) groups is 1. The zero-order valence-electron chi connectivity index (χ0n) is 18.4. The SMILES string of the molecule is Cc1ccc(NS(=O)(=O)c2cc(C(=O)NCCCN3CCOCC3)ccc2C)cc1C. The minimum atomic E-state index is -3.82. The first-order valence-corrected chi connectivity index (χ1v) is 12.0. The summed E-state index contributed by atoms with van der Waals surface area (Å²) in [6.07, 6.45) is 0.830. The summed E-state index contributed by atoms with van der Waals surface area (Å²) in [5.74, 6) is -0.274. The van der Waals surface area contributed by atoms with Crippen molar-refractivity contribution in [2.75, 3.05) is 44.1 Å². The monoisotopic (exact) mass is 445 g/mol. The van der Waals surface area contributed by atoms with E-state index in [1.165, 1.54) is 6.07 Å². The lowest BCUT2D eigenvalue weighted by molar-refractivity contribution is 0.0374. The van der Waals surface area contributed by atoms with Crippen molar-refractivity contribution < 1.29 is 17.9 Å². The van der Waals surface area contributed by atoms with Gasteiger partial charge in [0.05, 0.1) is 18.1 Å². The van der Waals surface area contributed by atoms with E-state index >= 15 is 0 Å². The first kappa shape index (κ1) is 23.2. The standard InChI is InChI=1S/C23H31N3O4S/c1-17-6-8-21(15-19(17)3)25-31(28,29)22-16-20(7-5-18(22)2)23(27)24-9-4-10-26-11-13-30-14-12-26/h5-8,15-16,25H,4,9-14H2,1-3H3,(H,24,27). The molecule has 0 aliphatic carbocycles. The molecule has 0 spiro atoms. The quantitative estimate of drug-likeness (QED) is 0.610. The van der Waals surface area contributed by atoms with Crippen molar-refractivity contribution in [3.8, 4) is 0 Å². The van der Waals surface area contributed by atoms with Gasteiger partial charge in [0.2, 0.25) is 0 Å². The summed E-state index contributed by atoms with van der Waals surface area (Å²) in [5, 5.41) is 2.89. The first-order chi connectivity index (χ1) is 14.8. The molecule has 0 saturated carbocycles. The molecule has 7 nitrogen and oxygen atoms in total. The zero-order valence-corrected chi connectivity index (χ0v) is 19.2. The second-order valence-electron chi connectivity index (χ2n) is 7.95. The number of nitrogens with zero attached hydrogens (tertiary/aromatic N) is 1. The summed E-state index contributed by atoms with van der Waals surface area (Å²) in [6, 6.07) is 10.2. The maximum Gasteiger partial charge on any atom is 0.262 e. The fourth-order valence-corrected chi connectivity index (χ4v) is 4.80. The van der Waals surface area contributed by atoms with Crippen LogP contribution in [0.1, 0.15) is 33.5 Å². The Balaban J connectivity index is 1.64. The number of morpholine rings is 1. The molecule has 0 aromatic heterocycles. The van der Waals surface area contributed by atoms with Crippen LogP contribution in [0.3, 0.4) is 0 Å². The summed E-state index contributed by atoms with van der Waals surface area (Å²) in [6.45, 7) is 10.4. The first-order valence-electron chi connectivity index (χ1n) is 10.6. The predicted octanol–water partition coefficient (Wildman–Crippen LogP) is 2.86. The number of anilines is 1. The number of aryl methyl sites for hydroxylation is 3. The third-order valence-electron chi connectivity index (χ3n) is 5.54. The molecule has 3 rings (SSSR count).